The van der Waals surface area contributed by atoms with Gasteiger partial charge in [0.15, 0.2) is 5.75 Å². The first-order valence-corrected chi connectivity index (χ1v) is 7.54. The van der Waals surface area contributed by atoms with Crippen LogP contribution in [0.5, 0.6) is 5.75 Å². The van der Waals surface area contributed by atoms with E-state index in [1.54, 1.807) is 0 Å². The Hall–Kier alpha value is -1.26. The van der Waals surface area contributed by atoms with Crippen molar-refractivity contribution in [3.05, 3.63) is 51.2 Å². The number of benzene rings is 1. The number of pyridine rings is 1. The van der Waals surface area contributed by atoms with Crippen molar-refractivity contribution in [3.63, 3.8) is 0 Å². The zero-order valence-electron chi connectivity index (χ0n) is 11.4. The highest BCUT2D eigenvalue weighted by atomic mass is 79.9. The number of aromatic nitrogens is 1. The van der Waals surface area contributed by atoms with Gasteiger partial charge in [-0.1, -0.05) is 17.7 Å². The van der Waals surface area contributed by atoms with E-state index in [0.717, 1.165) is 27.2 Å². The maximum Gasteiger partial charge on any atom is 0.156 e. The summed E-state index contributed by atoms with van der Waals surface area (Å²) in [5.41, 5.74) is 2.98. The lowest BCUT2D eigenvalue weighted by Gasteiger charge is -2.14. The molecule has 0 fully saturated rings. The molecule has 2 aromatic rings. The first-order valence-electron chi connectivity index (χ1n) is 6.37. The molecule has 1 aromatic heterocycles. The van der Waals surface area contributed by atoms with Gasteiger partial charge in [0, 0.05) is 23.5 Å². The van der Waals surface area contributed by atoms with Crippen LogP contribution in [0.1, 0.15) is 18.2 Å². The molecule has 1 aromatic carbocycles. The third-order valence-corrected chi connectivity index (χ3v) is 3.56. The summed E-state index contributed by atoms with van der Waals surface area (Å²) in [6.45, 7) is 5.19. The summed E-state index contributed by atoms with van der Waals surface area (Å²) in [7, 11) is 0. The third-order valence-electron chi connectivity index (χ3n) is 2.75. The van der Waals surface area contributed by atoms with Gasteiger partial charge in [-0.15, -0.1) is 0 Å². The van der Waals surface area contributed by atoms with Gasteiger partial charge < -0.3 is 10.1 Å². The Bertz CT molecular complexity index is 587. The van der Waals surface area contributed by atoms with Crippen LogP contribution in [-0.2, 0) is 6.54 Å². The number of aryl methyl sites for hydroxylation is 1. The minimum absolute atomic E-state index is 0.598. The average molecular weight is 356 g/mol. The zero-order chi connectivity index (χ0) is 14.5. The highest BCUT2D eigenvalue weighted by Gasteiger charge is 2.10. The van der Waals surface area contributed by atoms with Crippen molar-refractivity contribution in [1.29, 1.82) is 0 Å². The van der Waals surface area contributed by atoms with Crippen molar-refractivity contribution in [2.75, 3.05) is 11.9 Å². The number of hydrogen-bond donors (Lipinski definition) is 1. The molecule has 0 bridgehead atoms. The van der Waals surface area contributed by atoms with Gasteiger partial charge in [0.1, 0.15) is 0 Å². The number of ether oxygens (including phenoxy) is 1. The molecule has 1 heterocycles. The summed E-state index contributed by atoms with van der Waals surface area (Å²) in [6, 6.07) is 7.73. The number of halogens is 2. The Labute approximate surface area is 132 Å². The maximum absolute atomic E-state index is 6.09. The second-order valence-electron chi connectivity index (χ2n) is 4.36. The Kier molecular flexibility index (Phi) is 5.26. The molecule has 2 rings (SSSR count). The third kappa shape index (κ3) is 3.87. The molecule has 0 aliphatic carbocycles. The highest BCUT2D eigenvalue weighted by molar-refractivity contribution is 9.10. The van der Waals surface area contributed by atoms with Crippen LogP contribution in [0.4, 0.5) is 5.69 Å². The fourth-order valence-electron chi connectivity index (χ4n) is 1.78. The van der Waals surface area contributed by atoms with Crippen molar-refractivity contribution in [2.24, 2.45) is 0 Å². The number of nitrogens with one attached hydrogen (secondary N) is 1. The summed E-state index contributed by atoms with van der Waals surface area (Å²) < 4.78 is 6.49. The average Bonchev–Trinajstić information content (AvgIpc) is 2.41. The molecule has 5 heteroatoms. The van der Waals surface area contributed by atoms with E-state index in [0.29, 0.717) is 18.2 Å². The molecule has 0 aliphatic heterocycles. The van der Waals surface area contributed by atoms with Crippen molar-refractivity contribution >= 4 is 33.2 Å². The smallest absolute Gasteiger partial charge is 0.156 e. The SMILES string of the molecule is CCOc1c(Br)cc(Cl)cc1NCc1ccc(C)nc1. The van der Waals surface area contributed by atoms with E-state index in [-0.39, 0.29) is 0 Å². The minimum Gasteiger partial charge on any atom is -0.491 e. The fourth-order valence-corrected chi connectivity index (χ4v) is 2.71. The van der Waals surface area contributed by atoms with E-state index < -0.39 is 0 Å². The van der Waals surface area contributed by atoms with Gasteiger partial charge in [0.05, 0.1) is 16.8 Å². The van der Waals surface area contributed by atoms with Crippen molar-refractivity contribution < 1.29 is 4.74 Å². The standard InChI is InChI=1S/C15H16BrClN2O/c1-3-20-15-13(16)6-12(17)7-14(15)19-9-11-5-4-10(2)18-8-11/h4-8,19H,3,9H2,1-2H3. The lowest BCUT2D eigenvalue weighted by molar-refractivity contribution is 0.339. The normalized spacial score (nSPS) is 10.4. The monoisotopic (exact) mass is 354 g/mol. The second-order valence-corrected chi connectivity index (χ2v) is 5.65. The topological polar surface area (TPSA) is 34.1 Å². The van der Waals surface area contributed by atoms with E-state index >= 15 is 0 Å². The van der Waals surface area contributed by atoms with Crippen LogP contribution in [-0.4, -0.2) is 11.6 Å². The molecule has 3 nitrogen and oxygen atoms in total. The lowest BCUT2D eigenvalue weighted by Crippen LogP contribution is -2.04. The fraction of sp³-hybridized carbons (Fsp3) is 0.267. The summed E-state index contributed by atoms with van der Waals surface area (Å²) in [4.78, 5) is 4.28. The maximum atomic E-state index is 6.09. The summed E-state index contributed by atoms with van der Waals surface area (Å²) in [6.07, 6.45) is 1.86. The van der Waals surface area contributed by atoms with Crippen LogP contribution in [0.3, 0.4) is 0 Å². The van der Waals surface area contributed by atoms with Crippen LogP contribution < -0.4 is 10.1 Å². The molecular formula is C15H16BrClN2O. The van der Waals surface area contributed by atoms with Gasteiger partial charge in [0.2, 0.25) is 0 Å². The summed E-state index contributed by atoms with van der Waals surface area (Å²) >= 11 is 9.56. The zero-order valence-corrected chi connectivity index (χ0v) is 13.8. The minimum atomic E-state index is 0.598. The van der Waals surface area contributed by atoms with Crippen molar-refractivity contribution in [3.8, 4) is 5.75 Å². The molecule has 0 aliphatic rings. The lowest BCUT2D eigenvalue weighted by atomic mass is 10.2. The Morgan fingerprint density at radius 3 is 2.80 bits per heavy atom. The molecule has 0 saturated carbocycles. The van der Waals surface area contributed by atoms with E-state index in [2.05, 4.69) is 32.3 Å². The molecule has 0 spiro atoms. The van der Waals surface area contributed by atoms with E-state index in [4.69, 9.17) is 16.3 Å². The number of anilines is 1. The second kappa shape index (κ2) is 6.95. The molecular weight excluding hydrogens is 340 g/mol. The highest BCUT2D eigenvalue weighted by Crippen LogP contribution is 2.36. The quantitative estimate of drug-likeness (QED) is 0.835. The van der Waals surface area contributed by atoms with Crippen molar-refractivity contribution in [1.82, 2.24) is 4.98 Å². The van der Waals surface area contributed by atoms with Gasteiger partial charge in [-0.05, 0) is 53.5 Å². The first kappa shape index (κ1) is 15.1. The van der Waals surface area contributed by atoms with Crippen LogP contribution >= 0.6 is 27.5 Å². The molecule has 20 heavy (non-hydrogen) atoms. The number of rotatable bonds is 5. The van der Waals surface area contributed by atoms with E-state index in [1.165, 1.54) is 0 Å². The molecule has 0 atom stereocenters. The molecule has 0 unspecified atom stereocenters. The predicted octanol–water partition coefficient (Wildman–Crippen LogP) is 4.82. The Morgan fingerprint density at radius 1 is 1.35 bits per heavy atom. The predicted molar refractivity (Wildman–Crippen MR) is 86.6 cm³/mol. The molecule has 0 amide bonds. The molecule has 0 radical (unpaired) electrons. The molecule has 1 N–H and O–H groups in total. The van der Waals surface area contributed by atoms with E-state index in [1.807, 2.05) is 38.2 Å². The van der Waals surface area contributed by atoms with Crippen LogP contribution in [0, 0.1) is 6.92 Å². The summed E-state index contributed by atoms with van der Waals surface area (Å²) in [5.74, 6) is 0.775. The van der Waals surface area contributed by atoms with Crippen LogP contribution in [0.25, 0.3) is 0 Å². The van der Waals surface area contributed by atoms with Crippen molar-refractivity contribution in [2.45, 2.75) is 20.4 Å². The molecule has 0 saturated heterocycles. The number of nitrogens with zero attached hydrogens (tertiary/aromatic N) is 1. The van der Waals surface area contributed by atoms with Gasteiger partial charge in [-0.2, -0.15) is 0 Å². The Balaban J connectivity index is 2.17. The van der Waals surface area contributed by atoms with Gasteiger partial charge in [-0.25, -0.2) is 0 Å². The molecule has 106 valence electrons. The van der Waals surface area contributed by atoms with Gasteiger partial charge in [-0.3, -0.25) is 4.98 Å². The Morgan fingerprint density at radius 2 is 2.15 bits per heavy atom. The van der Waals surface area contributed by atoms with E-state index in [9.17, 15) is 0 Å². The number of hydrogen-bond acceptors (Lipinski definition) is 3. The van der Waals surface area contributed by atoms with Gasteiger partial charge in [0.25, 0.3) is 0 Å². The van der Waals surface area contributed by atoms with Crippen LogP contribution in [0.2, 0.25) is 5.02 Å². The van der Waals surface area contributed by atoms with Crippen LogP contribution in [0.15, 0.2) is 34.9 Å². The van der Waals surface area contributed by atoms with Gasteiger partial charge >= 0.3 is 0 Å². The first-order chi connectivity index (χ1) is 9.60. The summed E-state index contributed by atoms with van der Waals surface area (Å²) in [5, 5.41) is 3.99. The largest absolute Gasteiger partial charge is 0.491 e.